The lowest BCUT2D eigenvalue weighted by Gasteiger charge is -2.14. The molecule has 1 aliphatic rings. The Morgan fingerprint density at radius 1 is 1.18 bits per heavy atom. The van der Waals surface area contributed by atoms with E-state index >= 15 is 0 Å². The van der Waals surface area contributed by atoms with Gasteiger partial charge in [-0.25, -0.2) is 0 Å². The van der Waals surface area contributed by atoms with Crippen LogP contribution in [-0.2, 0) is 6.54 Å². The topological polar surface area (TPSA) is 30.5 Å². The predicted molar refractivity (Wildman–Crippen MR) is 68.6 cm³/mol. The van der Waals surface area contributed by atoms with E-state index in [0.717, 1.165) is 24.0 Å². The summed E-state index contributed by atoms with van der Waals surface area (Å²) in [5.41, 5.74) is 1.20. The van der Waals surface area contributed by atoms with Gasteiger partial charge in [0.15, 0.2) is 0 Å². The second-order valence-electron chi connectivity index (χ2n) is 4.73. The van der Waals surface area contributed by atoms with Crippen LogP contribution in [0.25, 0.3) is 0 Å². The summed E-state index contributed by atoms with van der Waals surface area (Å²) in [5, 5.41) is 3.55. The minimum absolute atomic E-state index is 0.604. The van der Waals surface area contributed by atoms with Gasteiger partial charge in [-0.3, -0.25) is 0 Å². The predicted octanol–water partition coefficient (Wildman–Crippen LogP) is 2.59. The minimum Gasteiger partial charge on any atom is -0.497 e. The molecule has 0 amide bonds. The Labute approximate surface area is 103 Å². The monoisotopic (exact) mass is 235 g/mol. The van der Waals surface area contributed by atoms with Gasteiger partial charge in [0.1, 0.15) is 11.5 Å². The Morgan fingerprint density at radius 3 is 2.24 bits per heavy atom. The standard InChI is InChI=1S/C14H21NO2/c1-10(12-4-5-12)15-9-11-6-13(16-2)8-14(7-11)17-3/h6-8,10,12,15H,4-5,9H2,1-3H3. The number of benzene rings is 1. The Kier molecular flexibility index (Phi) is 3.89. The molecule has 2 rings (SSSR count). The Hall–Kier alpha value is -1.22. The Bertz CT molecular complexity index is 352. The number of ether oxygens (including phenoxy) is 2. The van der Waals surface area contributed by atoms with Gasteiger partial charge in [-0.05, 0) is 43.4 Å². The van der Waals surface area contributed by atoms with E-state index in [0.29, 0.717) is 6.04 Å². The third-order valence-electron chi connectivity index (χ3n) is 3.37. The number of hydrogen-bond donors (Lipinski definition) is 1. The summed E-state index contributed by atoms with van der Waals surface area (Å²) in [7, 11) is 3.36. The van der Waals surface area contributed by atoms with Gasteiger partial charge in [0.25, 0.3) is 0 Å². The molecule has 0 bridgehead atoms. The molecule has 1 N–H and O–H groups in total. The van der Waals surface area contributed by atoms with E-state index in [4.69, 9.17) is 9.47 Å². The highest BCUT2D eigenvalue weighted by Gasteiger charge is 2.27. The van der Waals surface area contributed by atoms with Gasteiger partial charge in [0, 0.05) is 18.7 Å². The van der Waals surface area contributed by atoms with Gasteiger partial charge in [-0.1, -0.05) is 0 Å². The quantitative estimate of drug-likeness (QED) is 0.822. The van der Waals surface area contributed by atoms with E-state index in [9.17, 15) is 0 Å². The van der Waals surface area contributed by atoms with Gasteiger partial charge in [0.2, 0.25) is 0 Å². The van der Waals surface area contributed by atoms with Crippen molar-refractivity contribution in [3.8, 4) is 11.5 Å². The first-order valence-electron chi connectivity index (χ1n) is 6.18. The van der Waals surface area contributed by atoms with Crippen molar-refractivity contribution in [1.29, 1.82) is 0 Å². The van der Waals surface area contributed by atoms with Crippen LogP contribution in [0.15, 0.2) is 18.2 Å². The van der Waals surface area contributed by atoms with Crippen molar-refractivity contribution >= 4 is 0 Å². The maximum absolute atomic E-state index is 5.26. The van der Waals surface area contributed by atoms with E-state index in [-0.39, 0.29) is 0 Å². The maximum atomic E-state index is 5.26. The highest BCUT2D eigenvalue weighted by Crippen LogP contribution is 2.32. The zero-order valence-electron chi connectivity index (χ0n) is 10.8. The summed E-state index contributed by atoms with van der Waals surface area (Å²) < 4.78 is 10.5. The van der Waals surface area contributed by atoms with Crippen LogP contribution in [0.1, 0.15) is 25.3 Å². The molecular formula is C14H21NO2. The lowest BCUT2D eigenvalue weighted by Crippen LogP contribution is -2.27. The molecule has 1 saturated carbocycles. The molecule has 1 atom stereocenters. The Morgan fingerprint density at radius 2 is 1.76 bits per heavy atom. The normalized spacial score (nSPS) is 16.6. The van der Waals surface area contributed by atoms with Gasteiger partial charge >= 0.3 is 0 Å². The molecule has 1 fully saturated rings. The van der Waals surface area contributed by atoms with Crippen LogP contribution < -0.4 is 14.8 Å². The van der Waals surface area contributed by atoms with Crippen molar-refractivity contribution in [3.63, 3.8) is 0 Å². The zero-order chi connectivity index (χ0) is 12.3. The first kappa shape index (κ1) is 12.2. The summed E-state index contributed by atoms with van der Waals surface area (Å²) in [5.74, 6) is 2.57. The van der Waals surface area contributed by atoms with Crippen molar-refractivity contribution in [2.45, 2.75) is 32.4 Å². The minimum atomic E-state index is 0.604. The van der Waals surface area contributed by atoms with Gasteiger partial charge in [-0.15, -0.1) is 0 Å². The van der Waals surface area contributed by atoms with Crippen LogP contribution in [0.4, 0.5) is 0 Å². The van der Waals surface area contributed by atoms with E-state index < -0.39 is 0 Å². The molecule has 1 unspecified atom stereocenters. The third-order valence-corrected chi connectivity index (χ3v) is 3.37. The molecule has 1 aromatic rings. The largest absolute Gasteiger partial charge is 0.497 e. The molecule has 0 heterocycles. The fourth-order valence-electron chi connectivity index (χ4n) is 2.01. The summed E-state index contributed by atoms with van der Waals surface area (Å²) in [6.45, 7) is 3.13. The highest BCUT2D eigenvalue weighted by molar-refractivity contribution is 5.38. The lowest BCUT2D eigenvalue weighted by atomic mass is 10.1. The van der Waals surface area contributed by atoms with Crippen LogP contribution >= 0.6 is 0 Å². The second-order valence-corrected chi connectivity index (χ2v) is 4.73. The summed E-state index contributed by atoms with van der Waals surface area (Å²) >= 11 is 0. The molecule has 0 aromatic heterocycles. The summed E-state index contributed by atoms with van der Waals surface area (Å²) in [6.07, 6.45) is 2.74. The first-order chi connectivity index (χ1) is 8.22. The third kappa shape index (κ3) is 3.37. The average molecular weight is 235 g/mol. The van der Waals surface area contributed by atoms with E-state index in [2.05, 4.69) is 24.4 Å². The van der Waals surface area contributed by atoms with Crippen molar-refractivity contribution in [3.05, 3.63) is 23.8 Å². The Balaban J connectivity index is 1.98. The van der Waals surface area contributed by atoms with Crippen LogP contribution in [0, 0.1) is 5.92 Å². The van der Waals surface area contributed by atoms with E-state index in [1.165, 1.54) is 18.4 Å². The van der Waals surface area contributed by atoms with Crippen LogP contribution in [-0.4, -0.2) is 20.3 Å². The molecule has 0 radical (unpaired) electrons. The van der Waals surface area contributed by atoms with E-state index in [1.54, 1.807) is 14.2 Å². The zero-order valence-corrected chi connectivity index (χ0v) is 10.8. The van der Waals surface area contributed by atoms with Crippen molar-refractivity contribution < 1.29 is 9.47 Å². The summed E-state index contributed by atoms with van der Waals surface area (Å²) in [6, 6.07) is 6.60. The average Bonchev–Trinajstić information content (AvgIpc) is 3.19. The SMILES string of the molecule is COc1cc(CNC(C)C2CC2)cc(OC)c1. The maximum Gasteiger partial charge on any atom is 0.122 e. The smallest absolute Gasteiger partial charge is 0.122 e. The molecule has 1 aromatic carbocycles. The van der Waals surface area contributed by atoms with Crippen LogP contribution in [0.2, 0.25) is 0 Å². The lowest BCUT2D eigenvalue weighted by molar-refractivity contribution is 0.392. The van der Waals surface area contributed by atoms with Gasteiger partial charge in [0.05, 0.1) is 14.2 Å². The van der Waals surface area contributed by atoms with Gasteiger partial charge < -0.3 is 14.8 Å². The van der Waals surface area contributed by atoms with Crippen LogP contribution in [0.3, 0.4) is 0 Å². The molecule has 94 valence electrons. The van der Waals surface area contributed by atoms with E-state index in [1.807, 2.05) is 6.07 Å². The number of nitrogens with one attached hydrogen (secondary N) is 1. The molecule has 0 saturated heterocycles. The molecule has 3 heteroatoms. The van der Waals surface area contributed by atoms with Gasteiger partial charge in [-0.2, -0.15) is 0 Å². The fraction of sp³-hybridized carbons (Fsp3) is 0.571. The highest BCUT2D eigenvalue weighted by atomic mass is 16.5. The second kappa shape index (κ2) is 5.41. The first-order valence-corrected chi connectivity index (χ1v) is 6.18. The number of rotatable bonds is 6. The number of methoxy groups -OCH3 is 2. The molecule has 1 aliphatic carbocycles. The molecular weight excluding hydrogens is 214 g/mol. The molecule has 0 aliphatic heterocycles. The van der Waals surface area contributed by atoms with Crippen molar-refractivity contribution in [1.82, 2.24) is 5.32 Å². The molecule has 3 nitrogen and oxygen atoms in total. The fourth-order valence-corrected chi connectivity index (χ4v) is 2.01. The number of hydrogen-bond acceptors (Lipinski definition) is 3. The van der Waals surface area contributed by atoms with Crippen LogP contribution in [0.5, 0.6) is 11.5 Å². The summed E-state index contributed by atoms with van der Waals surface area (Å²) in [4.78, 5) is 0. The van der Waals surface area contributed by atoms with Crippen molar-refractivity contribution in [2.24, 2.45) is 5.92 Å². The molecule has 17 heavy (non-hydrogen) atoms. The van der Waals surface area contributed by atoms with Crippen molar-refractivity contribution in [2.75, 3.05) is 14.2 Å². The molecule has 0 spiro atoms.